The van der Waals surface area contributed by atoms with Crippen molar-refractivity contribution in [2.75, 3.05) is 6.54 Å². The van der Waals surface area contributed by atoms with Crippen LogP contribution in [0, 0.1) is 13.8 Å². The number of aryl methyl sites for hydroxylation is 1. The van der Waals surface area contributed by atoms with Crippen LogP contribution >= 0.6 is 0 Å². The van der Waals surface area contributed by atoms with Gasteiger partial charge in [-0.05, 0) is 19.4 Å². The Morgan fingerprint density at radius 3 is 2.28 bits per heavy atom. The molecule has 8 heteroatoms. The van der Waals surface area contributed by atoms with Crippen molar-refractivity contribution in [3.63, 3.8) is 0 Å². The molecule has 0 aliphatic heterocycles. The fourth-order valence-electron chi connectivity index (χ4n) is 1.57. The van der Waals surface area contributed by atoms with E-state index in [0.717, 1.165) is 0 Å². The zero-order valence-electron chi connectivity index (χ0n) is 9.60. The molecule has 1 aromatic heterocycles. The number of aromatic nitrogens is 1. The summed E-state index contributed by atoms with van der Waals surface area (Å²) in [6.07, 6.45) is -4.51. The third kappa shape index (κ3) is 3.02. The van der Waals surface area contributed by atoms with Gasteiger partial charge in [0.2, 0.25) is 0 Å². The van der Waals surface area contributed by atoms with Gasteiger partial charge in [-0.25, -0.2) is 4.79 Å². The van der Waals surface area contributed by atoms with Crippen molar-refractivity contribution in [2.24, 2.45) is 0 Å². The van der Waals surface area contributed by atoms with Gasteiger partial charge in [-0.3, -0.25) is 4.79 Å². The molecule has 0 aliphatic carbocycles. The van der Waals surface area contributed by atoms with E-state index < -0.39 is 24.6 Å². The second kappa shape index (κ2) is 4.71. The van der Waals surface area contributed by atoms with Crippen molar-refractivity contribution in [3.05, 3.63) is 22.5 Å². The van der Waals surface area contributed by atoms with Gasteiger partial charge in [0, 0.05) is 5.69 Å². The lowest BCUT2D eigenvalue weighted by Crippen LogP contribution is -2.34. The molecule has 1 aromatic rings. The molecule has 1 amide bonds. The van der Waals surface area contributed by atoms with Crippen LogP contribution in [-0.4, -0.2) is 34.7 Å². The molecule has 5 nitrogen and oxygen atoms in total. The molecule has 1 rings (SSSR count). The monoisotopic (exact) mass is 264 g/mol. The summed E-state index contributed by atoms with van der Waals surface area (Å²) >= 11 is 0. The number of hydrogen-bond acceptors (Lipinski definition) is 2. The molecule has 0 fully saturated rings. The highest BCUT2D eigenvalue weighted by Crippen LogP contribution is 2.19. The van der Waals surface area contributed by atoms with E-state index >= 15 is 0 Å². The van der Waals surface area contributed by atoms with Gasteiger partial charge in [0.25, 0.3) is 5.91 Å². The Labute approximate surface area is 100.0 Å². The summed E-state index contributed by atoms with van der Waals surface area (Å²) in [5, 5.41) is 10.5. The second-order valence-corrected chi connectivity index (χ2v) is 3.73. The minimum absolute atomic E-state index is 0.0725. The highest BCUT2D eigenvalue weighted by molar-refractivity contribution is 6.00. The molecule has 0 radical (unpaired) electrons. The molecule has 0 unspecified atom stereocenters. The third-order valence-corrected chi connectivity index (χ3v) is 2.33. The summed E-state index contributed by atoms with van der Waals surface area (Å²) in [4.78, 5) is 24.8. The number of carbonyl (C=O) groups excluding carboxylic acids is 1. The standard InChI is InChI=1S/C10H11F3N2O3/c1-4-6(5(2)15-7(4)9(17)18)8(16)14-3-10(11,12)13/h15H,3H2,1-2H3,(H,14,16)(H,17,18). The summed E-state index contributed by atoms with van der Waals surface area (Å²) < 4.78 is 35.8. The largest absolute Gasteiger partial charge is 0.477 e. The molecule has 0 saturated heterocycles. The Kier molecular flexibility index (Phi) is 3.68. The van der Waals surface area contributed by atoms with Crippen molar-refractivity contribution >= 4 is 11.9 Å². The Morgan fingerprint density at radius 1 is 1.33 bits per heavy atom. The van der Waals surface area contributed by atoms with E-state index in [1.807, 2.05) is 0 Å². The number of carbonyl (C=O) groups is 2. The van der Waals surface area contributed by atoms with Crippen LogP contribution in [0.4, 0.5) is 13.2 Å². The van der Waals surface area contributed by atoms with Gasteiger partial charge in [0.05, 0.1) is 5.56 Å². The number of aromatic carboxylic acids is 1. The predicted octanol–water partition coefficient (Wildman–Crippen LogP) is 1.62. The normalized spacial score (nSPS) is 11.4. The number of carboxylic acids is 1. The maximum Gasteiger partial charge on any atom is 0.405 e. The van der Waals surface area contributed by atoms with Crippen LogP contribution < -0.4 is 5.32 Å². The fourth-order valence-corrected chi connectivity index (χ4v) is 1.57. The SMILES string of the molecule is Cc1[nH]c(C(=O)O)c(C)c1C(=O)NCC(F)(F)F. The zero-order chi connectivity index (χ0) is 14.1. The number of halogens is 3. The molecule has 3 N–H and O–H groups in total. The number of rotatable bonds is 3. The average Bonchev–Trinajstić information content (AvgIpc) is 2.50. The van der Waals surface area contributed by atoms with Crippen LogP contribution in [0.15, 0.2) is 0 Å². The second-order valence-electron chi connectivity index (χ2n) is 3.73. The fraction of sp³-hybridized carbons (Fsp3) is 0.400. The van der Waals surface area contributed by atoms with Crippen molar-refractivity contribution in [1.29, 1.82) is 0 Å². The number of aromatic amines is 1. The summed E-state index contributed by atoms with van der Waals surface area (Å²) in [6, 6.07) is 0. The molecule has 0 bridgehead atoms. The lowest BCUT2D eigenvalue weighted by Gasteiger charge is -2.08. The third-order valence-electron chi connectivity index (χ3n) is 2.33. The van der Waals surface area contributed by atoms with Crippen LogP contribution in [0.5, 0.6) is 0 Å². The van der Waals surface area contributed by atoms with Gasteiger partial charge >= 0.3 is 12.1 Å². The van der Waals surface area contributed by atoms with Crippen molar-refractivity contribution in [3.8, 4) is 0 Å². The van der Waals surface area contributed by atoms with E-state index in [4.69, 9.17) is 5.11 Å². The van der Waals surface area contributed by atoms with Gasteiger partial charge in [-0.1, -0.05) is 0 Å². The number of nitrogens with one attached hydrogen (secondary N) is 2. The Balaban J connectivity index is 2.97. The number of alkyl halides is 3. The highest BCUT2D eigenvalue weighted by Gasteiger charge is 2.29. The average molecular weight is 264 g/mol. The molecular formula is C10H11F3N2O3. The smallest absolute Gasteiger partial charge is 0.405 e. The Bertz CT molecular complexity index is 491. The minimum atomic E-state index is -4.51. The molecule has 0 saturated carbocycles. The van der Waals surface area contributed by atoms with E-state index in [2.05, 4.69) is 4.98 Å². The van der Waals surface area contributed by atoms with Gasteiger partial charge < -0.3 is 15.4 Å². The Hall–Kier alpha value is -1.99. The first kappa shape index (κ1) is 14.1. The first-order chi connectivity index (χ1) is 8.13. The molecule has 0 spiro atoms. The topological polar surface area (TPSA) is 82.2 Å². The van der Waals surface area contributed by atoms with E-state index in [1.54, 1.807) is 5.32 Å². The first-order valence-corrected chi connectivity index (χ1v) is 4.91. The van der Waals surface area contributed by atoms with Crippen LogP contribution in [0.2, 0.25) is 0 Å². The molecule has 0 aliphatic rings. The van der Waals surface area contributed by atoms with E-state index in [9.17, 15) is 22.8 Å². The summed E-state index contributed by atoms with van der Waals surface area (Å²) in [6.45, 7) is 1.32. The maximum absolute atomic E-state index is 11.9. The van der Waals surface area contributed by atoms with Gasteiger partial charge in [0.15, 0.2) is 0 Å². The first-order valence-electron chi connectivity index (χ1n) is 4.91. The van der Waals surface area contributed by atoms with E-state index in [0.29, 0.717) is 0 Å². The minimum Gasteiger partial charge on any atom is -0.477 e. The van der Waals surface area contributed by atoms with Crippen LogP contribution in [0.1, 0.15) is 32.1 Å². The van der Waals surface area contributed by atoms with Crippen LogP contribution in [-0.2, 0) is 0 Å². The number of amides is 1. The molecule has 1 heterocycles. The van der Waals surface area contributed by atoms with Gasteiger partial charge in [0.1, 0.15) is 12.2 Å². The van der Waals surface area contributed by atoms with Crippen LogP contribution in [0.25, 0.3) is 0 Å². The molecule has 100 valence electrons. The van der Waals surface area contributed by atoms with E-state index in [1.165, 1.54) is 13.8 Å². The summed E-state index contributed by atoms with van der Waals surface area (Å²) in [5.41, 5.74) is 0.0468. The van der Waals surface area contributed by atoms with Crippen LogP contribution in [0.3, 0.4) is 0 Å². The zero-order valence-corrected chi connectivity index (χ0v) is 9.60. The molecule has 18 heavy (non-hydrogen) atoms. The lowest BCUT2D eigenvalue weighted by molar-refractivity contribution is -0.123. The quantitative estimate of drug-likeness (QED) is 0.775. The Morgan fingerprint density at radius 2 is 1.89 bits per heavy atom. The summed E-state index contributed by atoms with van der Waals surface area (Å²) in [5.74, 6) is -2.23. The molecular weight excluding hydrogens is 253 g/mol. The predicted molar refractivity (Wildman–Crippen MR) is 55.6 cm³/mol. The van der Waals surface area contributed by atoms with Gasteiger partial charge in [-0.15, -0.1) is 0 Å². The molecule has 0 aromatic carbocycles. The molecule has 0 atom stereocenters. The van der Waals surface area contributed by atoms with Gasteiger partial charge in [-0.2, -0.15) is 13.2 Å². The number of hydrogen-bond donors (Lipinski definition) is 3. The van der Waals surface area contributed by atoms with E-state index in [-0.39, 0.29) is 22.5 Å². The number of carboxylic acid groups (broad SMARTS) is 1. The van der Waals surface area contributed by atoms with Crippen molar-refractivity contribution < 1.29 is 27.9 Å². The maximum atomic E-state index is 11.9. The number of H-pyrrole nitrogens is 1. The highest BCUT2D eigenvalue weighted by atomic mass is 19.4. The summed E-state index contributed by atoms with van der Waals surface area (Å²) in [7, 11) is 0. The van der Waals surface area contributed by atoms with Crippen molar-refractivity contribution in [1.82, 2.24) is 10.3 Å². The van der Waals surface area contributed by atoms with Crippen molar-refractivity contribution in [2.45, 2.75) is 20.0 Å². The lowest BCUT2D eigenvalue weighted by atomic mass is 10.1.